The number of nitrogens with zero attached hydrogens (tertiary/aromatic N) is 3. The Kier molecular flexibility index (Phi) is 11.5. The largest absolute Gasteiger partial charge is 0.192 e. The maximum atomic E-state index is 10.1. The standard InChI is InChI=1S/C46H26N2.C41H29N/c47-27-29-11-10-14-32(25-29)45(31-12-2-1-3-13-31)38-19-8-5-16-35(38)43-40(45)23-24-41-44(43)36-17-6-9-20-39(36)46(41)37-18-7-4-15-33(37)34-22-21-30(28-48)26-42(34)46;1-40(2)36-22-21-29(28-19-17-27(26-42)18-20-28)23-33(36)35-24-34-32-15-9-10-16-37(32)41(39(34)25-38(35)40,30-11-5-3-6-12-30)31-13-7-4-8-14-31/h1-26H;3-25H,1-2H3. The molecular formula is C87H55N3. The highest BCUT2D eigenvalue weighted by Gasteiger charge is 2.56. The van der Waals surface area contributed by atoms with Gasteiger partial charge in [0, 0.05) is 5.41 Å². The fourth-order valence-corrected chi connectivity index (χ4v) is 17.0. The summed E-state index contributed by atoms with van der Waals surface area (Å²) in [7, 11) is 0. The van der Waals surface area contributed by atoms with Crippen LogP contribution in [0.5, 0.6) is 0 Å². The van der Waals surface area contributed by atoms with Crippen LogP contribution in [0, 0.1) is 34.0 Å². The van der Waals surface area contributed by atoms with Gasteiger partial charge in [-0.05, 0) is 193 Å². The molecule has 5 aliphatic carbocycles. The molecule has 0 bridgehead atoms. The Morgan fingerprint density at radius 1 is 0.222 bits per heavy atom. The fraction of sp³-hybridized carbons (Fsp3) is 0.0690. The molecule has 1 spiro atoms. The van der Waals surface area contributed by atoms with Crippen molar-refractivity contribution in [1.82, 2.24) is 0 Å². The second kappa shape index (κ2) is 19.7. The highest BCUT2D eigenvalue weighted by molar-refractivity contribution is 6.04. The van der Waals surface area contributed by atoms with Crippen molar-refractivity contribution in [2.45, 2.75) is 35.5 Å². The highest BCUT2D eigenvalue weighted by Crippen LogP contribution is 2.68. The van der Waals surface area contributed by atoms with Crippen molar-refractivity contribution in [3.05, 3.63) is 392 Å². The number of hydrogen-bond acceptors (Lipinski definition) is 3. The molecule has 3 heteroatoms. The number of rotatable bonds is 5. The summed E-state index contributed by atoms with van der Waals surface area (Å²) in [6.07, 6.45) is 0. The SMILES string of the molecule is CC1(C)c2ccc(-c3ccc(C#N)cc3)cc2-c2cc3c(cc21)C(c1ccccc1)(c1ccccc1)c1ccccc1-3.N#Cc1cccc(C2(c3ccccc3)c3ccccc3-c3c2ccc2c3-c3ccccc3C23c2ccccc2-c2ccc(C#N)cc23)c1. The van der Waals surface area contributed by atoms with Crippen molar-refractivity contribution in [3.63, 3.8) is 0 Å². The zero-order chi connectivity index (χ0) is 60.5. The molecule has 0 amide bonds. The average molecular weight is 1140 g/mol. The highest BCUT2D eigenvalue weighted by atomic mass is 14.6. The summed E-state index contributed by atoms with van der Waals surface area (Å²) in [6, 6.07) is 114. The second-order valence-corrected chi connectivity index (χ2v) is 25.0. The molecule has 5 aliphatic rings. The third-order valence-electron chi connectivity index (χ3n) is 20.6. The van der Waals surface area contributed by atoms with Crippen molar-refractivity contribution in [2.24, 2.45) is 0 Å². The minimum absolute atomic E-state index is 0.142. The van der Waals surface area contributed by atoms with E-state index in [-0.39, 0.29) is 5.41 Å². The summed E-state index contributed by atoms with van der Waals surface area (Å²) < 4.78 is 0. The number of fused-ring (bicyclic) bond motifs is 20. The van der Waals surface area contributed by atoms with Gasteiger partial charge >= 0.3 is 0 Å². The average Bonchev–Trinajstić information content (AvgIpc) is 1.50. The van der Waals surface area contributed by atoms with E-state index >= 15 is 0 Å². The molecule has 18 rings (SSSR count). The van der Waals surface area contributed by atoms with E-state index in [1.54, 1.807) is 0 Å². The van der Waals surface area contributed by atoms with E-state index in [0.717, 1.165) is 16.7 Å². The maximum Gasteiger partial charge on any atom is 0.0991 e. The summed E-state index contributed by atoms with van der Waals surface area (Å²) in [5.41, 5.74) is 32.7. The summed E-state index contributed by atoms with van der Waals surface area (Å²) in [6.45, 7) is 4.72. The van der Waals surface area contributed by atoms with Gasteiger partial charge in [0.25, 0.3) is 0 Å². The zero-order valence-corrected chi connectivity index (χ0v) is 49.6. The van der Waals surface area contributed by atoms with E-state index in [2.05, 4.69) is 287 Å². The molecule has 13 aromatic carbocycles. The molecule has 0 N–H and O–H groups in total. The van der Waals surface area contributed by atoms with Gasteiger partial charge in [0.05, 0.1) is 51.1 Å². The van der Waals surface area contributed by atoms with Crippen LogP contribution in [0.4, 0.5) is 0 Å². The number of nitriles is 3. The van der Waals surface area contributed by atoms with E-state index in [4.69, 9.17) is 0 Å². The summed E-state index contributed by atoms with van der Waals surface area (Å²) in [4.78, 5) is 0. The van der Waals surface area contributed by atoms with Gasteiger partial charge in [-0.15, -0.1) is 0 Å². The maximum absolute atomic E-state index is 10.1. The molecule has 0 saturated heterocycles. The molecule has 3 nitrogen and oxygen atoms in total. The predicted molar refractivity (Wildman–Crippen MR) is 361 cm³/mol. The van der Waals surface area contributed by atoms with Crippen molar-refractivity contribution in [3.8, 4) is 85.0 Å². The van der Waals surface area contributed by atoms with Crippen molar-refractivity contribution < 1.29 is 0 Å². The Morgan fingerprint density at radius 3 is 1.19 bits per heavy atom. The lowest BCUT2D eigenvalue weighted by Gasteiger charge is -2.34. The summed E-state index contributed by atoms with van der Waals surface area (Å²) in [5, 5.41) is 29.4. The third-order valence-corrected chi connectivity index (χ3v) is 20.6. The molecule has 0 fully saturated rings. The first-order chi connectivity index (χ1) is 44.3. The monoisotopic (exact) mass is 1140 g/mol. The minimum atomic E-state index is -0.626. The topological polar surface area (TPSA) is 71.4 Å². The number of benzene rings is 13. The molecule has 2 atom stereocenters. The van der Waals surface area contributed by atoms with Crippen molar-refractivity contribution in [1.29, 1.82) is 15.8 Å². The molecular weight excluding hydrogens is 1090 g/mol. The molecule has 2 unspecified atom stereocenters. The van der Waals surface area contributed by atoms with Crippen LogP contribution >= 0.6 is 0 Å². The van der Waals surface area contributed by atoms with Gasteiger partial charge in [0.1, 0.15) is 0 Å². The first-order valence-corrected chi connectivity index (χ1v) is 30.9. The van der Waals surface area contributed by atoms with Crippen LogP contribution < -0.4 is 0 Å². The van der Waals surface area contributed by atoms with E-state index < -0.39 is 16.2 Å². The van der Waals surface area contributed by atoms with Gasteiger partial charge in [-0.1, -0.05) is 263 Å². The lowest BCUT2D eigenvalue weighted by Crippen LogP contribution is -2.29. The molecule has 0 heterocycles. The molecule has 418 valence electrons. The molecule has 0 aromatic heterocycles. The first-order valence-electron chi connectivity index (χ1n) is 30.9. The Bertz CT molecular complexity index is 5190. The summed E-state index contributed by atoms with van der Waals surface area (Å²) >= 11 is 0. The van der Waals surface area contributed by atoms with Gasteiger partial charge < -0.3 is 0 Å². The van der Waals surface area contributed by atoms with Gasteiger partial charge in [-0.2, -0.15) is 15.8 Å². The van der Waals surface area contributed by atoms with Crippen LogP contribution in [0.3, 0.4) is 0 Å². The number of hydrogen-bond donors (Lipinski definition) is 0. The molecule has 13 aromatic rings. The van der Waals surface area contributed by atoms with E-state index in [0.29, 0.717) is 16.7 Å². The predicted octanol–water partition coefficient (Wildman–Crippen LogP) is 20.0. The Hall–Kier alpha value is -11.7. The zero-order valence-electron chi connectivity index (χ0n) is 49.6. The molecule has 0 aliphatic heterocycles. The lowest BCUT2D eigenvalue weighted by molar-refractivity contribution is 0.656. The van der Waals surface area contributed by atoms with Crippen molar-refractivity contribution in [2.75, 3.05) is 0 Å². The second-order valence-electron chi connectivity index (χ2n) is 25.0. The van der Waals surface area contributed by atoms with Crippen LogP contribution in [0.15, 0.2) is 297 Å². The van der Waals surface area contributed by atoms with Gasteiger partial charge in [-0.25, -0.2) is 0 Å². The van der Waals surface area contributed by atoms with Crippen molar-refractivity contribution >= 4 is 0 Å². The Labute approximate surface area is 525 Å². The quantitative estimate of drug-likeness (QED) is 0.172. The third kappa shape index (κ3) is 6.97. The van der Waals surface area contributed by atoms with Gasteiger partial charge in [-0.3, -0.25) is 0 Å². The van der Waals surface area contributed by atoms with Gasteiger partial charge in [0.2, 0.25) is 0 Å². The van der Waals surface area contributed by atoms with Gasteiger partial charge in [0.15, 0.2) is 0 Å². The molecule has 90 heavy (non-hydrogen) atoms. The van der Waals surface area contributed by atoms with E-state index in [1.807, 2.05) is 42.5 Å². The summed E-state index contributed by atoms with van der Waals surface area (Å²) in [5.74, 6) is 0. The van der Waals surface area contributed by atoms with E-state index in [1.165, 1.54) is 128 Å². The van der Waals surface area contributed by atoms with Crippen LogP contribution in [-0.4, -0.2) is 0 Å². The smallest absolute Gasteiger partial charge is 0.0991 e. The molecule has 0 radical (unpaired) electrons. The Morgan fingerprint density at radius 2 is 0.611 bits per heavy atom. The van der Waals surface area contributed by atoms with Crippen LogP contribution in [-0.2, 0) is 21.7 Å². The lowest BCUT2D eigenvalue weighted by atomic mass is 9.66. The normalized spacial score (nSPS) is 16.8. The molecule has 0 saturated carbocycles. The van der Waals surface area contributed by atoms with Crippen LogP contribution in [0.1, 0.15) is 108 Å². The first kappa shape index (κ1) is 52.6. The minimum Gasteiger partial charge on any atom is -0.192 e. The van der Waals surface area contributed by atoms with Crippen LogP contribution in [0.2, 0.25) is 0 Å². The Balaban J connectivity index is 0.000000140. The van der Waals surface area contributed by atoms with Crippen LogP contribution in [0.25, 0.3) is 66.8 Å². The van der Waals surface area contributed by atoms with E-state index in [9.17, 15) is 15.8 Å². The fourth-order valence-electron chi connectivity index (χ4n) is 17.0.